The van der Waals surface area contributed by atoms with Gasteiger partial charge in [-0.15, -0.1) is 0 Å². The van der Waals surface area contributed by atoms with Gasteiger partial charge in [-0.1, -0.05) is 12.1 Å². The van der Waals surface area contributed by atoms with Crippen LogP contribution in [0, 0.1) is 19.7 Å². The number of furan rings is 1. The molecular formula is C15H14FNO4. The van der Waals surface area contributed by atoms with E-state index in [0.717, 1.165) is 17.9 Å². The fourth-order valence-electron chi connectivity index (χ4n) is 1.97. The van der Waals surface area contributed by atoms with E-state index in [4.69, 9.17) is 9.52 Å². The van der Waals surface area contributed by atoms with Crippen LogP contribution in [-0.2, 0) is 6.54 Å². The normalized spacial score (nSPS) is 10.4. The zero-order chi connectivity index (χ0) is 15.6. The molecule has 0 saturated heterocycles. The minimum Gasteiger partial charge on any atom is -0.478 e. The number of carboxylic acid groups (broad SMARTS) is 1. The van der Waals surface area contributed by atoms with Crippen molar-refractivity contribution in [3.05, 3.63) is 58.3 Å². The lowest BCUT2D eigenvalue weighted by atomic mass is 10.1. The lowest BCUT2D eigenvalue weighted by molar-refractivity contribution is 0.0696. The number of nitrogens with one attached hydrogen (secondary N) is 1. The van der Waals surface area contributed by atoms with Gasteiger partial charge in [0, 0.05) is 12.6 Å². The van der Waals surface area contributed by atoms with Gasteiger partial charge in [-0.25, -0.2) is 9.18 Å². The van der Waals surface area contributed by atoms with E-state index in [2.05, 4.69) is 5.32 Å². The second-order valence-corrected chi connectivity index (χ2v) is 4.73. The van der Waals surface area contributed by atoms with Crippen LogP contribution in [0.4, 0.5) is 4.39 Å². The van der Waals surface area contributed by atoms with Crippen molar-refractivity contribution >= 4 is 11.9 Å². The van der Waals surface area contributed by atoms with Crippen LogP contribution in [0.1, 0.15) is 37.6 Å². The van der Waals surface area contributed by atoms with Crippen molar-refractivity contribution in [1.82, 2.24) is 5.32 Å². The van der Waals surface area contributed by atoms with Crippen LogP contribution < -0.4 is 5.32 Å². The van der Waals surface area contributed by atoms with Crippen LogP contribution >= 0.6 is 0 Å². The van der Waals surface area contributed by atoms with Crippen molar-refractivity contribution in [2.75, 3.05) is 0 Å². The number of carboxylic acids is 1. The molecule has 0 spiro atoms. The second kappa shape index (κ2) is 5.78. The number of aromatic carboxylic acids is 1. The molecule has 0 atom stereocenters. The molecule has 0 aliphatic carbocycles. The van der Waals surface area contributed by atoms with E-state index >= 15 is 0 Å². The van der Waals surface area contributed by atoms with Gasteiger partial charge in [-0.3, -0.25) is 4.79 Å². The van der Waals surface area contributed by atoms with Gasteiger partial charge in [0.15, 0.2) is 5.76 Å². The number of halogens is 1. The van der Waals surface area contributed by atoms with E-state index in [-0.39, 0.29) is 23.7 Å². The molecule has 6 heteroatoms. The fourth-order valence-corrected chi connectivity index (χ4v) is 1.97. The van der Waals surface area contributed by atoms with E-state index in [1.165, 1.54) is 0 Å². The Hall–Kier alpha value is -2.63. The molecule has 2 N–H and O–H groups in total. The lowest BCUT2D eigenvalue weighted by Gasteiger charge is -2.07. The largest absolute Gasteiger partial charge is 0.478 e. The summed E-state index contributed by atoms with van der Waals surface area (Å²) < 4.78 is 18.4. The van der Waals surface area contributed by atoms with E-state index in [0.29, 0.717) is 11.1 Å². The number of rotatable bonds is 4. The summed E-state index contributed by atoms with van der Waals surface area (Å²) >= 11 is 0. The maximum Gasteiger partial charge on any atom is 0.338 e. The van der Waals surface area contributed by atoms with Gasteiger partial charge >= 0.3 is 5.97 Å². The quantitative estimate of drug-likeness (QED) is 0.907. The number of carbonyl (C=O) groups is 2. The third kappa shape index (κ3) is 3.28. The van der Waals surface area contributed by atoms with Crippen LogP contribution in [0.5, 0.6) is 0 Å². The zero-order valence-electron chi connectivity index (χ0n) is 11.6. The Morgan fingerprint density at radius 3 is 2.38 bits per heavy atom. The Balaban J connectivity index is 2.05. The Bertz CT molecular complexity index is 682. The van der Waals surface area contributed by atoms with E-state index in [1.807, 2.05) is 0 Å². The Kier molecular flexibility index (Phi) is 4.07. The van der Waals surface area contributed by atoms with Gasteiger partial charge in [0.1, 0.15) is 12.1 Å². The summed E-state index contributed by atoms with van der Waals surface area (Å²) in [5.41, 5.74) is 1.68. The second-order valence-electron chi connectivity index (χ2n) is 4.73. The molecule has 2 rings (SSSR count). The zero-order valence-corrected chi connectivity index (χ0v) is 11.6. The van der Waals surface area contributed by atoms with Crippen LogP contribution in [0.3, 0.4) is 0 Å². The molecule has 1 amide bonds. The van der Waals surface area contributed by atoms with Crippen molar-refractivity contribution in [3.8, 4) is 0 Å². The third-order valence-electron chi connectivity index (χ3n) is 3.02. The van der Waals surface area contributed by atoms with Crippen LogP contribution in [0.25, 0.3) is 0 Å². The third-order valence-corrected chi connectivity index (χ3v) is 3.02. The van der Waals surface area contributed by atoms with Crippen molar-refractivity contribution in [2.24, 2.45) is 0 Å². The number of hydrogen-bond donors (Lipinski definition) is 2. The smallest absolute Gasteiger partial charge is 0.338 e. The first-order valence-corrected chi connectivity index (χ1v) is 6.24. The van der Waals surface area contributed by atoms with Crippen molar-refractivity contribution in [1.29, 1.82) is 0 Å². The van der Waals surface area contributed by atoms with Crippen molar-refractivity contribution in [2.45, 2.75) is 20.4 Å². The number of aryl methyl sites for hydroxylation is 2. The number of carbonyl (C=O) groups excluding carboxylic acids is 1. The van der Waals surface area contributed by atoms with E-state index in [9.17, 15) is 14.0 Å². The van der Waals surface area contributed by atoms with Gasteiger partial charge < -0.3 is 14.8 Å². The summed E-state index contributed by atoms with van der Waals surface area (Å²) in [5, 5.41) is 11.3. The highest BCUT2D eigenvalue weighted by atomic mass is 19.1. The summed E-state index contributed by atoms with van der Waals surface area (Å²) in [6.07, 6.45) is 1.00. The highest BCUT2D eigenvalue weighted by Gasteiger charge is 2.14. The standard InChI is InChI=1S/C15H14FNO4/c1-8-3-10(4-9(2)13(8)16)6-17-14(18)12-5-11(7-21-12)15(19)20/h3-5,7H,6H2,1-2H3,(H,17,18)(H,19,20). The topological polar surface area (TPSA) is 79.5 Å². The molecule has 0 aliphatic rings. The van der Waals surface area contributed by atoms with E-state index < -0.39 is 11.9 Å². The molecule has 0 fully saturated rings. The average Bonchev–Trinajstić information content (AvgIpc) is 2.92. The summed E-state index contributed by atoms with van der Waals surface area (Å²) in [6, 6.07) is 4.44. The molecule has 110 valence electrons. The first kappa shape index (κ1) is 14.8. The Labute approximate surface area is 120 Å². The molecule has 2 aromatic rings. The molecule has 1 heterocycles. The highest BCUT2D eigenvalue weighted by Crippen LogP contribution is 2.15. The number of amides is 1. The number of benzene rings is 1. The minimum atomic E-state index is -1.16. The predicted molar refractivity (Wildman–Crippen MR) is 72.7 cm³/mol. The molecule has 5 nitrogen and oxygen atoms in total. The van der Waals surface area contributed by atoms with Gasteiger partial charge in [-0.2, -0.15) is 0 Å². The summed E-state index contributed by atoms with van der Waals surface area (Å²) in [4.78, 5) is 22.5. The molecule has 0 radical (unpaired) electrons. The first-order chi connectivity index (χ1) is 9.88. The highest BCUT2D eigenvalue weighted by molar-refractivity contribution is 5.95. The maximum atomic E-state index is 13.5. The molecular weight excluding hydrogens is 277 g/mol. The molecule has 0 aliphatic heterocycles. The van der Waals surface area contributed by atoms with Crippen LogP contribution in [0.15, 0.2) is 28.9 Å². The van der Waals surface area contributed by atoms with Gasteiger partial charge in [0.05, 0.1) is 5.56 Å². The monoisotopic (exact) mass is 291 g/mol. The number of hydrogen-bond acceptors (Lipinski definition) is 3. The predicted octanol–water partition coefficient (Wildman–Crippen LogP) is 2.66. The fraction of sp³-hybridized carbons (Fsp3) is 0.200. The summed E-state index contributed by atoms with van der Waals surface area (Å²) in [5.74, 6) is -2.03. The molecule has 21 heavy (non-hydrogen) atoms. The van der Waals surface area contributed by atoms with Crippen molar-refractivity contribution in [3.63, 3.8) is 0 Å². The Morgan fingerprint density at radius 1 is 1.24 bits per heavy atom. The average molecular weight is 291 g/mol. The summed E-state index contributed by atoms with van der Waals surface area (Å²) in [7, 11) is 0. The molecule has 0 bridgehead atoms. The molecule has 0 unspecified atom stereocenters. The van der Waals surface area contributed by atoms with Crippen LogP contribution in [0.2, 0.25) is 0 Å². The SMILES string of the molecule is Cc1cc(CNC(=O)c2cc(C(=O)O)co2)cc(C)c1F. The van der Waals surface area contributed by atoms with Gasteiger partial charge in [0.2, 0.25) is 0 Å². The van der Waals surface area contributed by atoms with Crippen LogP contribution in [-0.4, -0.2) is 17.0 Å². The van der Waals surface area contributed by atoms with Crippen molar-refractivity contribution < 1.29 is 23.5 Å². The molecule has 1 aromatic carbocycles. The summed E-state index contributed by atoms with van der Waals surface area (Å²) in [6.45, 7) is 3.50. The van der Waals surface area contributed by atoms with E-state index in [1.54, 1.807) is 26.0 Å². The molecule has 0 saturated carbocycles. The maximum absolute atomic E-state index is 13.5. The minimum absolute atomic E-state index is 0.0806. The first-order valence-electron chi connectivity index (χ1n) is 6.24. The molecule has 1 aromatic heterocycles. The lowest BCUT2D eigenvalue weighted by Crippen LogP contribution is -2.22. The van der Waals surface area contributed by atoms with Gasteiger partial charge in [-0.05, 0) is 30.5 Å². The van der Waals surface area contributed by atoms with Gasteiger partial charge in [0.25, 0.3) is 5.91 Å². The Morgan fingerprint density at radius 2 is 1.86 bits per heavy atom.